The van der Waals surface area contributed by atoms with Crippen molar-refractivity contribution in [1.29, 1.82) is 0 Å². The van der Waals surface area contributed by atoms with Crippen molar-refractivity contribution in [3.05, 3.63) is 12.0 Å². The molecule has 0 amide bonds. The van der Waals surface area contributed by atoms with Crippen LogP contribution in [-0.2, 0) is 6.54 Å². The quantitative estimate of drug-likeness (QED) is 0.689. The van der Waals surface area contributed by atoms with Crippen molar-refractivity contribution in [2.45, 2.75) is 51.6 Å². The highest BCUT2D eigenvalue weighted by atomic mass is 16.6. The standard InChI is InChI=1S/C12H20N2O2/c1-2-3-4-7-15-12-14-11(9-16-12)8-13-10-5-6-10/h9-10,13H,2-8H2,1H3. The largest absolute Gasteiger partial charge is 0.450 e. The van der Waals surface area contributed by atoms with E-state index in [1.807, 2.05) is 0 Å². The zero-order chi connectivity index (χ0) is 11.2. The third-order valence-corrected chi connectivity index (χ3v) is 2.65. The average molecular weight is 224 g/mol. The van der Waals surface area contributed by atoms with E-state index in [4.69, 9.17) is 9.15 Å². The molecule has 1 aliphatic carbocycles. The van der Waals surface area contributed by atoms with Gasteiger partial charge in [-0.3, -0.25) is 0 Å². The number of oxazole rings is 1. The van der Waals surface area contributed by atoms with E-state index in [1.165, 1.54) is 25.7 Å². The molecule has 1 heterocycles. The number of hydrogen-bond acceptors (Lipinski definition) is 4. The molecule has 4 heteroatoms. The lowest BCUT2D eigenvalue weighted by molar-refractivity contribution is 0.224. The van der Waals surface area contributed by atoms with Gasteiger partial charge in [-0.25, -0.2) is 0 Å². The van der Waals surface area contributed by atoms with E-state index in [9.17, 15) is 0 Å². The summed E-state index contributed by atoms with van der Waals surface area (Å²) in [5, 5.41) is 3.38. The minimum absolute atomic E-state index is 0.406. The van der Waals surface area contributed by atoms with Gasteiger partial charge >= 0.3 is 6.08 Å². The molecule has 16 heavy (non-hydrogen) atoms. The predicted octanol–water partition coefficient (Wildman–Crippen LogP) is 2.50. The first-order valence-electron chi connectivity index (χ1n) is 6.19. The molecule has 1 saturated carbocycles. The van der Waals surface area contributed by atoms with Crippen molar-refractivity contribution in [2.24, 2.45) is 0 Å². The highest BCUT2D eigenvalue weighted by Gasteiger charge is 2.20. The fourth-order valence-electron chi connectivity index (χ4n) is 1.48. The van der Waals surface area contributed by atoms with Gasteiger partial charge in [0.2, 0.25) is 0 Å². The van der Waals surface area contributed by atoms with E-state index >= 15 is 0 Å². The minimum atomic E-state index is 0.406. The van der Waals surface area contributed by atoms with Crippen LogP contribution >= 0.6 is 0 Å². The topological polar surface area (TPSA) is 47.3 Å². The number of nitrogens with zero attached hydrogens (tertiary/aromatic N) is 1. The first kappa shape index (κ1) is 11.5. The fourth-order valence-corrected chi connectivity index (χ4v) is 1.48. The van der Waals surface area contributed by atoms with Gasteiger partial charge in [0.1, 0.15) is 6.26 Å². The molecule has 1 aromatic rings. The van der Waals surface area contributed by atoms with Gasteiger partial charge in [0.15, 0.2) is 0 Å². The molecule has 1 aromatic heterocycles. The van der Waals surface area contributed by atoms with Gasteiger partial charge < -0.3 is 14.5 Å². The summed E-state index contributed by atoms with van der Waals surface area (Å²) in [6.45, 7) is 3.66. The van der Waals surface area contributed by atoms with Crippen LogP contribution in [0.4, 0.5) is 0 Å². The van der Waals surface area contributed by atoms with Crippen molar-refractivity contribution in [3.8, 4) is 6.08 Å². The Labute approximate surface area is 96.4 Å². The lowest BCUT2D eigenvalue weighted by atomic mass is 10.3. The van der Waals surface area contributed by atoms with Crippen LogP contribution in [0.1, 0.15) is 44.7 Å². The molecule has 2 rings (SSSR count). The highest BCUT2D eigenvalue weighted by Crippen LogP contribution is 2.19. The van der Waals surface area contributed by atoms with Crippen LogP contribution in [0, 0.1) is 0 Å². The van der Waals surface area contributed by atoms with Crippen LogP contribution in [0.15, 0.2) is 10.7 Å². The van der Waals surface area contributed by atoms with Crippen molar-refractivity contribution < 1.29 is 9.15 Å². The minimum Gasteiger partial charge on any atom is -0.450 e. The maximum Gasteiger partial charge on any atom is 0.393 e. The molecule has 0 saturated heterocycles. The summed E-state index contributed by atoms with van der Waals surface area (Å²) in [6.07, 6.45) is 8.11. The average Bonchev–Trinajstić information content (AvgIpc) is 3.02. The molecule has 0 radical (unpaired) electrons. The number of hydrogen-bond donors (Lipinski definition) is 1. The Bertz CT molecular complexity index is 308. The monoisotopic (exact) mass is 224 g/mol. The van der Waals surface area contributed by atoms with Crippen LogP contribution in [0.25, 0.3) is 0 Å². The van der Waals surface area contributed by atoms with Crippen LogP contribution in [0.3, 0.4) is 0 Å². The second-order valence-corrected chi connectivity index (χ2v) is 4.32. The summed E-state index contributed by atoms with van der Waals surface area (Å²) >= 11 is 0. The Kier molecular flexibility index (Phi) is 4.22. The van der Waals surface area contributed by atoms with Gasteiger partial charge in [-0.2, -0.15) is 4.98 Å². The summed E-state index contributed by atoms with van der Waals surface area (Å²) in [5.41, 5.74) is 0.928. The highest BCUT2D eigenvalue weighted by molar-refractivity contribution is 5.00. The van der Waals surface area contributed by atoms with Crippen LogP contribution < -0.4 is 10.1 Å². The molecular weight excluding hydrogens is 204 g/mol. The molecule has 1 fully saturated rings. The third-order valence-electron chi connectivity index (χ3n) is 2.65. The number of unbranched alkanes of at least 4 members (excludes halogenated alkanes) is 2. The molecule has 0 aromatic carbocycles. The van der Waals surface area contributed by atoms with Crippen LogP contribution in [-0.4, -0.2) is 17.6 Å². The lowest BCUT2D eigenvalue weighted by Crippen LogP contribution is -2.15. The van der Waals surface area contributed by atoms with Gasteiger partial charge in [-0.1, -0.05) is 19.8 Å². The number of rotatable bonds is 8. The Hall–Kier alpha value is -1.03. The SMILES string of the molecule is CCCCCOc1nc(CNC2CC2)co1. The fraction of sp³-hybridized carbons (Fsp3) is 0.750. The molecule has 0 atom stereocenters. The van der Waals surface area contributed by atoms with E-state index in [2.05, 4.69) is 17.2 Å². The van der Waals surface area contributed by atoms with Gasteiger partial charge in [0.25, 0.3) is 0 Å². The second kappa shape index (κ2) is 5.89. The second-order valence-electron chi connectivity index (χ2n) is 4.32. The Morgan fingerprint density at radius 2 is 2.38 bits per heavy atom. The molecule has 0 unspecified atom stereocenters. The smallest absolute Gasteiger partial charge is 0.393 e. The van der Waals surface area contributed by atoms with Crippen LogP contribution in [0.5, 0.6) is 6.08 Å². The Balaban J connectivity index is 1.64. The van der Waals surface area contributed by atoms with Crippen molar-refractivity contribution in [3.63, 3.8) is 0 Å². The maximum absolute atomic E-state index is 5.41. The first-order chi connectivity index (χ1) is 7.88. The number of ether oxygens (including phenoxy) is 1. The molecule has 1 aliphatic rings. The van der Waals surface area contributed by atoms with Gasteiger partial charge in [0.05, 0.1) is 12.3 Å². The van der Waals surface area contributed by atoms with Gasteiger partial charge in [-0.05, 0) is 19.3 Å². The molecule has 90 valence electrons. The summed E-state index contributed by atoms with van der Waals surface area (Å²) < 4.78 is 10.6. The summed E-state index contributed by atoms with van der Waals surface area (Å²) in [7, 11) is 0. The van der Waals surface area contributed by atoms with Gasteiger partial charge in [-0.15, -0.1) is 0 Å². The molecule has 1 N–H and O–H groups in total. The van der Waals surface area contributed by atoms with Crippen molar-refractivity contribution >= 4 is 0 Å². The maximum atomic E-state index is 5.41. The zero-order valence-corrected chi connectivity index (χ0v) is 9.87. The summed E-state index contributed by atoms with van der Waals surface area (Å²) in [6, 6.07) is 0.700. The van der Waals surface area contributed by atoms with E-state index in [0.717, 1.165) is 18.7 Å². The zero-order valence-electron chi connectivity index (χ0n) is 9.87. The van der Waals surface area contributed by atoms with Crippen molar-refractivity contribution in [2.75, 3.05) is 6.61 Å². The van der Waals surface area contributed by atoms with E-state index < -0.39 is 0 Å². The Morgan fingerprint density at radius 3 is 3.12 bits per heavy atom. The molecule has 4 nitrogen and oxygen atoms in total. The normalized spacial score (nSPS) is 15.3. The summed E-state index contributed by atoms with van der Waals surface area (Å²) in [4.78, 5) is 4.26. The Morgan fingerprint density at radius 1 is 1.50 bits per heavy atom. The van der Waals surface area contributed by atoms with Crippen LogP contribution in [0.2, 0.25) is 0 Å². The van der Waals surface area contributed by atoms with Gasteiger partial charge in [0, 0.05) is 12.6 Å². The molecule has 0 aliphatic heterocycles. The molecule has 0 spiro atoms. The first-order valence-corrected chi connectivity index (χ1v) is 6.19. The van der Waals surface area contributed by atoms with E-state index in [-0.39, 0.29) is 0 Å². The van der Waals surface area contributed by atoms with E-state index in [1.54, 1.807) is 6.26 Å². The summed E-state index contributed by atoms with van der Waals surface area (Å²) in [5.74, 6) is 0. The number of nitrogens with one attached hydrogen (secondary N) is 1. The molecular formula is C12H20N2O2. The van der Waals surface area contributed by atoms with E-state index in [0.29, 0.717) is 18.7 Å². The third kappa shape index (κ3) is 3.85. The number of aromatic nitrogens is 1. The lowest BCUT2D eigenvalue weighted by Gasteiger charge is -1.99. The predicted molar refractivity (Wildman–Crippen MR) is 61.4 cm³/mol. The molecule has 0 bridgehead atoms. The van der Waals surface area contributed by atoms with Crippen molar-refractivity contribution in [1.82, 2.24) is 10.3 Å².